The van der Waals surface area contributed by atoms with Crippen LogP contribution in [0.15, 0.2) is 97.2 Å². The van der Waals surface area contributed by atoms with Crippen molar-refractivity contribution in [1.82, 2.24) is 5.32 Å². The molecule has 0 aromatic heterocycles. The van der Waals surface area contributed by atoms with Gasteiger partial charge in [-0.3, -0.25) is 4.79 Å². The summed E-state index contributed by atoms with van der Waals surface area (Å²) in [5.41, 5.74) is 0. The zero-order chi connectivity index (χ0) is 73.7. The Morgan fingerprint density at radius 2 is 0.686 bits per heavy atom. The molecule has 14 heteroatoms. The first kappa shape index (κ1) is 95.0. The SMILES string of the molecule is CC/C=C\C/C=C\C/C=C\C/C=C\C/C=C\CCCCCCCCCCCCCCCCCCCCCCCCCC(=O)NC(COC1OC(CO)C(OC2OC(CO)C(O)C(O)C2O)C(O)C1O)C(O)/C=C/CC/C=C/CC/C=C/CCCCCCCCCCCCCCCCCCCCC. The van der Waals surface area contributed by atoms with Crippen molar-refractivity contribution in [3.63, 3.8) is 0 Å². The van der Waals surface area contributed by atoms with E-state index in [9.17, 15) is 45.6 Å². The van der Waals surface area contributed by atoms with Crippen molar-refractivity contribution in [2.75, 3.05) is 19.8 Å². The summed E-state index contributed by atoms with van der Waals surface area (Å²) in [6, 6.07) is -0.943. The molecular weight excluding hydrogens is 1280 g/mol. The standard InChI is InChI=1S/C88H157NO13/c1-3-5-7-9-11-13-15-17-19-21-23-25-27-29-31-33-34-35-36-37-38-39-40-41-42-44-46-48-50-52-54-56-58-60-62-64-66-68-70-72-80(93)89-76(75-99-87-85(98)83(96)86(79(74-91)101-87)102-88-84(97)82(95)81(94)78(73-90)100-88)77(92)71-69-67-65-63-61-59-57-55-53-51-49-47-45-43-32-30-28-26-24-22-20-18-16-14-12-10-8-6-4-2/h5,7,11,13,17,19,23,25,29,31,53,55,61,63,69,71,76-79,81-88,90-92,94-98H,3-4,6,8-10,12,14-16,18,20-22,24,26-28,30,32-52,54,56-60,62,64-68,70,72-75H2,1-2H3,(H,89,93)/b7-5-,13-11-,19-17-,25-23-,31-29-,55-53+,63-61+,71-69+. The molecule has 2 rings (SSSR count). The lowest BCUT2D eigenvalue weighted by Crippen LogP contribution is -2.65. The second-order valence-electron chi connectivity index (χ2n) is 29.6. The van der Waals surface area contributed by atoms with Crippen molar-refractivity contribution in [3.8, 4) is 0 Å². The number of ether oxygens (including phenoxy) is 4. The predicted molar refractivity (Wildman–Crippen MR) is 424 cm³/mol. The highest BCUT2D eigenvalue weighted by molar-refractivity contribution is 5.76. The summed E-state index contributed by atoms with van der Waals surface area (Å²) < 4.78 is 22.9. The number of carbonyl (C=O) groups is 1. The number of unbranched alkanes of at least 4 members (excludes halogenated alkanes) is 44. The first-order valence-electron chi connectivity index (χ1n) is 42.5. The maximum absolute atomic E-state index is 13.4. The zero-order valence-corrected chi connectivity index (χ0v) is 65.1. The van der Waals surface area contributed by atoms with Crippen LogP contribution in [0.5, 0.6) is 0 Å². The maximum atomic E-state index is 13.4. The maximum Gasteiger partial charge on any atom is 0.220 e. The number of carbonyl (C=O) groups excluding carboxylic acids is 1. The molecule has 2 saturated heterocycles. The number of hydrogen-bond donors (Lipinski definition) is 9. The van der Waals surface area contributed by atoms with Crippen LogP contribution in [0.4, 0.5) is 0 Å². The molecule has 0 saturated carbocycles. The van der Waals surface area contributed by atoms with E-state index in [1.165, 1.54) is 250 Å². The van der Waals surface area contributed by atoms with E-state index in [1.807, 2.05) is 6.08 Å². The molecule has 102 heavy (non-hydrogen) atoms. The van der Waals surface area contributed by atoms with E-state index in [-0.39, 0.29) is 18.9 Å². The topological polar surface area (TPSA) is 228 Å². The van der Waals surface area contributed by atoms with Crippen LogP contribution in [0.25, 0.3) is 0 Å². The molecule has 12 unspecified atom stereocenters. The number of amides is 1. The van der Waals surface area contributed by atoms with Crippen LogP contribution in [-0.2, 0) is 23.7 Å². The zero-order valence-electron chi connectivity index (χ0n) is 65.1. The van der Waals surface area contributed by atoms with Crippen LogP contribution in [0.2, 0.25) is 0 Å². The van der Waals surface area contributed by atoms with Gasteiger partial charge in [-0.2, -0.15) is 0 Å². The van der Waals surface area contributed by atoms with Gasteiger partial charge in [-0.15, -0.1) is 0 Å². The highest BCUT2D eigenvalue weighted by atomic mass is 16.7. The number of nitrogens with one attached hydrogen (secondary N) is 1. The predicted octanol–water partition coefficient (Wildman–Crippen LogP) is 20.0. The van der Waals surface area contributed by atoms with E-state index < -0.39 is 86.8 Å². The second kappa shape index (κ2) is 70.9. The van der Waals surface area contributed by atoms with Crippen molar-refractivity contribution in [2.24, 2.45) is 0 Å². The van der Waals surface area contributed by atoms with Crippen LogP contribution in [0.3, 0.4) is 0 Å². The molecule has 0 spiro atoms. The lowest BCUT2D eigenvalue weighted by Gasteiger charge is -2.46. The summed E-state index contributed by atoms with van der Waals surface area (Å²) in [6.45, 7) is 2.71. The Labute approximate surface area is 623 Å². The number of aliphatic hydroxyl groups excluding tert-OH is 8. The lowest BCUT2D eigenvalue weighted by molar-refractivity contribution is -0.359. The van der Waals surface area contributed by atoms with E-state index in [0.29, 0.717) is 12.8 Å². The van der Waals surface area contributed by atoms with Gasteiger partial charge in [0.2, 0.25) is 5.91 Å². The molecule has 0 aromatic rings. The van der Waals surface area contributed by atoms with Gasteiger partial charge in [0.15, 0.2) is 12.6 Å². The normalized spacial score (nSPS) is 22.1. The van der Waals surface area contributed by atoms with Crippen molar-refractivity contribution >= 4 is 5.91 Å². The third-order valence-corrected chi connectivity index (χ3v) is 20.2. The fraction of sp³-hybridized carbons (Fsp3) is 0.807. The molecule has 1 amide bonds. The Morgan fingerprint density at radius 1 is 0.363 bits per heavy atom. The first-order valence-corrected chi connectivity index (χ1v) is 42.5. The molecule has 2 heterocycles. The average molecular weight is 1440 g/mol. The molecule has 0 bridgehead atoms. The van der Waals surface area contributed by atoms with Gasteiger partial charge in [0.25, 0.3) is 0 Å². The van der Waals surface area contributed by atoms with Gasteiger partial charge in [-0.1, -0.05) is 361 Å². The highest BCUT2D eigenvalue weighted by Gasteiger charge is 2.51. The van der Waals surface area contributed by atoms with Gasteiger partial charge in [-0.05, 0) is 89.9 Å². The summed E-state index contributed by atoms with van der Waals surface area (Å²) in [4.78, 5) is 13.4. The fourth-order valence-electron chi connectivity index (χ4n) is 13.6. The minimum atomic E-state index is -1.80. The van der Waals surface area contributed by atoms with Crippen LogP contribution in [0.1, 0.15) is 361 Å². The lowest BCUT2D eigenvalue weighted by atomic mass is 9.97. The largest absolute Gasteiger partial charge is 0.394 e. The van der Waals surface area contributed by atoms with Crippen molar-refractivity contribution in [3.05, 3.63) is 97.2 Å². The Morgan fingerprint density at radius 3 is 1.08 bits per heavy atom. The number of aliphatic hydroxyl groups is 8. The molecule has 2 aliphatic rings. The molecule has 9 N–H and O–H groups in total. The van der Waals surface area contributed by atoms with Gasteiger partial charge < -0.3 is 65.1 Å². The van der Waals surface area contributed by atoms with Gasteiger partial charge in [0.05, 0.1) is 32.0 Å². The van der Waals surface area contributed by atoms with Crippen LogP contribution < -0.4 is 5.32 Å². The third-order valence-electron chi connectivity index (χ3n) is 20.2. The van der Waals surface area contributed by atoms with E-state index in [2.05, 4.69) is 104 Å². The van der Waals surface area contributed by atoms with Crippen LogP contribution in [0, 0.1) is 0 Å². The average Bonchev–Trinajstić information content (AvgIpc) is 0.790. The number of hydrogen-bond acceptors (Lipinski definition) is 13. The Balaban J connectivity index is 1.60. The highest BCUT2D eigenvalue weighted by Crippen LogP contribution is 2.30. The molecular formula is C88H157NO13. The quantitative estimate of drug-likeness (QED) is 0.0204. The smallest absolute Gasteiger partial charge is 0.220 e. The van der Waals surface area contributed by atoms with Crippen LogP contribution >= 0.6 is 0 Å². The van der Waals surface area contributed by atoms with Gasteiger partial charge in [0.1, 0.15) is 48.8 Å². The molecule has 0 aliphatic carbocycles. The second-order valence-corrected chi connectivity index (χ2v) is 29.6. The monoisotopic (exact) mass is 1440 g/mol. The summed E-state index contributed by atoms with van der Waals surface area (Å²) in [5, 5.41) is 87.7. The Hall–Kier alpha value is -3.09. The number of rotatable bonds is 71. The summed E-state index contributed by atoms with van der Waals surface area (Å²) in [7, 11) is 0. The fourth-order valence-corrected chi connectivity index (χ4v) is 13.6. The van der Waals surface area contributed by atoms with E-state index in [4.69, 9.17) is 18.9 Å². The van der Waals surface area contributed by atoms with E-state index in [0.717, 1.165) is 77.0 Å². The first-order chi connectivity index (χ1) is 50.1. The third kappa shape index (κ3) is 52.8. The molecule has 2 fully saturated rings. The number of allylic oxidation sites excluding steroid dienone is 15. The summed E-state index contributed by atoms with van der Waals surface area (Å²) in [5.74, 6) is -0.249. The Kier molecular flexibility index (Phi) is 66.0. The van der Waals surface area contributed by atoms with Gasteiger partial charge in [0, 0.05) is 6.42 Å². The van der Waals surface area contributed by atoms with Gasteiger partial charge in [-0.25, -0.2) is 0 Å². The molecule has 592 valence electrons. The summed E-state index contributed by atoms with van der Waals surface area (Å²) >= 11 is 0. The minimum absolute atomic E-state index is 0.249. The van der Waals surface area contributed by atoms with E-state index in [1.54, 1.807) is 6.08 Å². The molecule has 12 atom stereocenters. The summed E-state index contributed by atoms with van der Waals surface area (Å²) in [6.07, 6.45) is 85.1. The Bertz CT molecular complexity index is 2090. The minimum Gasteiger partial charge on any atom is -0.394 e. The molecule has 0 aromatic carbocycles. The molecule has 0 radical (unpaired) electrons. The molecule has 14 nitrogen and oxygen atoms in total. The molecule has 2 aliphatic heterocycles. The van der Waals surface area contributed by atoms with E-state index >= 15 is 0 Å². The van der Waals surface area contributed by atoms with Crippen molar-refractivity contribution in [1.29, 1.82) is 0 Å². The van der Waals surface area contributed by atoms with Gasteiger partial charge >= 0.3 is 0 Å². The van der Waals surface area contributed by atoms with Crippen molar-refractivity contribution in [2.45, 2.75) is 434 Å². The van der Waals surface area contributed by atoms with Crippen LogP contribution in [-0.4, -0.2) is 140 Å². The van der Waals surface area contributed by atoms with Crippen molar-refractivity contribution < 1.29 is 64.6 Å².